The van der Waals surface area contributed by atoms with E-state index in [1.54, 1.807) is 35.4 Å². The Hall–Kier alpha value is -2.47. The van der Waals surface area contributed by atoms with Crippen molar-refractivity contribution in [3.8, 4) is 0 Å². The molecule has 1 aromatic carbocycles. The van der Waals surface area contributed by atoms with Crippen LogP contribution in [0.2, 0.25) is 10.0 Å². The van der Waals surface area contributed by atoms with Crippen molar-refractivity contribution < 1.29 is 39.5 Å². The zero-order valence-corrected chi connectivity index (χ0v) is 19.1. The second-order valence-electron chi connectivity index (χ2n) is 8.13. The molecule has 12 heteroatoms. The van der Waals surface area contributed by atoms with Crippen LogP contribution in [0.25, 0.3) is 0 Å². The number of rotatable bonds is 5. The second kappa shape index (κ2) is 10.0. The zero-order valence-electron chi connectivity index (χ0n) is 17.6. The fourth-order valence-corrected chi connectivity index (χ4v) is 4.51. The van der Waals surface area contributed by atoms with Crippen LogP contribution in [0.15, 0.2) is 47.6 Å². The van der Waals surface area contributed by atoms with Crippen LogP contribution in [0.4, 0.5) is 0 Å². The van der Waals surface area contributed by atoms with E-state index < -0.39 is 55.0 Å². The van der Waals surface area contributed by atoms with Gasteiger partial charge in [0.05, 0.1) is 24.6 Å². The third kappa shape index (κ3) is 4.97. The summed E-state index contributed by atoms with van der Waals surface area (Å²) < 4.78 is 10.4. The molecule has 0 radical (unpaired) electrons. The number of carboxylic acids is 1. The lowest BCUT2D eigenvalue weighted by atomic mass is 9.91. The maximum Gasteiger partial charge on any atom is 0.357 e. The number of nitrogens with zero attached hydrogens (tertiary/aromatic N) is 2. The summed E-state index contributed by atoms with van der Waals surface area (Å²) in [4.78, 5) is 24.5. The number of aliphatic hydroxyl groups excluding tert-OH is 3. The molecule has 182 valence electrons. The van der Waals surface area contributed by atoms with Crippen LogP contribution in [-0.2, 0) is 25.6 Å². The van der Waals surface area contributed by atoms with Crippen molar-refractivity contribution in [1.29, 1.82) is 0 Å². The van der Waals surface area contributed by atoms with E-state index in [-0.39, 0.29) is 18.3 Å². The van der Waals surface area contributed by atoms with Gasteiger partial charge in [0.2, 0.25) is 6.29 Å². The Balaban J connectivity index is 1.55. The van der Waals surface area contributed by atoms with Gasteiger partial charge in [0.25, 0.3) is 0 Å². The molecule has 1 fully saturated rings. The number of allylic oxidation sites excluding steroid dienone is 2. The van der Waals surface area contributed by atoms with Crippen LogP contribution in [0, 0.1) is 5.92 Å². The summed E-state index contributed by atoms with van der Waals surface area (Å²) in [6.07, 6.45) is -1.84. The number of esters is 1. The van der Waals surface area contributed by atoms with Crippen molar-refractivity contribution in [2.24, 2.45) is 11.0 Å². The van der Waals surface area contributed by atoms with Crippen molar-refractivity contribution in [2.75, 3.05) is 0 Å². The molecule has 0 aromatic heterocycles. The lowest BCUT2D eigenvalue weighted by Crippen LogP contribution is -2.44. The van der Waals surface area contributed by atoms with E-state index >= 15 is 0 Å². The Bertz CT molecular complexity index is 1060. The summed E-state index contributed by atoms with van der Waals surface area (Å²) in [5.74, 6) is -2.98. The van der Waals surface area contributed by atoms with Crippen molar-refractivity contribution >= 4 is 40.9 Å². The molecule has 0 bridgehead atoms. The second-order valence-corrected chi connectivity index (χ2v) is 8.98. The first-order valence-electron chi connectivity index (χ1n) is 10.4. The topological polar surface area (TPSA) is 149 Å². The number of hydrogen-bond acceptors (Lipinski definition) is 9. The number of benzene rings is 1. The fourth-order valence-electron chi connectivity index (χ4n) is 4.04. The lowest BCUT2D eigenvalue weighted by Gasteiger charge is -2.26. The maximum absolute atomic E-state index is 13.0. The van der Waals surface area contributed by atoms with Gasteiger partial charge in [-0.3, -0.25) is 5.01 Å². The number of halogens is 2. The van der Waals surface area contributed by atoms with Gasteiger partial charge in [-0.2, -0.15) is 5.10 Å². The Morgan fingerprint density at radius 1 is 1.15 bits per heavy atom. The molecule has 3 aliphatic rings. The number of carboxylic acid groups (broad SMARTS) is 1. The highest BCUT2D eigenvalue weighted by Gasteiger charge is 2.45. The minimum atomic E-state index is -1.90. The molecular weight excluding hydrogens is 491 g/mol. The van der Waals surface area contributed by atoms with Crippen LogP contribution < -0.4 is 0 Å². The summed E-state index contributed by atoms with van der Waals surface area (Å²) in [5, 5.41) is 46.5. The Morgan fingerprint density at radius 3 is 2.59 bits per heavy atom. The number of aliphatic hydroxyl groups is 3. The van der Waals surface area contributed by atoms with Gasteiger partial charge >= 0.3 is 11.9 Å². The van der Waals surface area contributed by atoms with E-state index in [2.05, 4.69) is 5.10 Å². The molecule has 2 heterocycles. The number of fused-ring (bicyclic) bond motifs is 1. The van der Waals surface area contributed by atoms with Gasteiger partial charge in [0, 0.05) is 16.5 Å². The summed E-state index contributed by atoms with van der Waals surface area (Å²) in [5.41, 5.74) is 0.754. The van der Waals surface area contributed by atoms with Crippen LogP contribution in [0.1, 0.15) is 12.0 Å². The quantitative estimate of drug-likeness (QED) is 0.425. The number of hydrogen-bond donors (Lipinski definition) is 4. The first-order chi connectivity index (χ1) is 16.2. The lowest BCUT2D eigenvalue weighted by molar-refractivity contribution is -0.220. The molecule has 0 saturated carbocycles. The largest absolute Gasteiger partial charge is 0.479 e. The number of carbonyl (C=O) groups excluding carboxylic acids is 1. The number of aliphatic carboxylic acids is 1. The van der Waals surface area contributed by atoms with Gasteiger partial charge in [0.1, 0.15) is 12.2 Å². The number of ether oxygens (including phenoxy) is 2. The normalized spacial score (nSPS) is 32.7. The third-order valence-electron chi connectivity index (χ3n) is 5.81. The molecule has 4 N–H and O–H groups in total. The van der Waals surface area contributed by atoms with E-state index in [0.717, 1.165) is 5.56 Å². The van der Waals surface area contributed by atoms with E-state index in [1.165, 1.54) is 0 Å². The predicted octanol–water partition coefficient (Wildman–Crippen LogP) is 1.10. The highest BCUT2D eigenvalue weighted by atomic mass is 35.5. The van der Waals surface area contributed by atoms with Crippen molar-refractivity contribution in [2.45, 2.75) is 49.7 Å². The standard InChI is InChI=1S/C22H22Cl2N2O8/c23-11-6-5-10(13(24)7-11)9-26-14-4-2-1-3-12(14)17(25-26)21(32)34-22-16(28)8-15(27)18(29)19(33-22)20(30)31/h1-7,12,14-16,18-19,22,27-29H,8-9H2,(H,30,31)/t12?,14?,15-,16-,18+,19+,22?/m1/s1. The SMILES string of the molecule is O=C(OC1O[C@H](C(=O)O)[C@@H](O)[C@H](O)C[C@H]1O)C1=NN(Cc2ccc(Cl)cc2Cl)C2C=CC=CC12. The van der Waals surface area contributed by atoms with Gasteiger partial charge in [-0.25, -0.2) is 9.59 Å². The number of carbonyl (C=O) groups is 2. The summed E-state index contributed by atoms with van der Waals surface area (Å²) in [7, 11) is 0. The molecule has 2 aliphatic heterocycles. The Labute approximate surface area is 204 Å². The average Bonchev–Trinajstić information content (AvgIpc) is 3.11. The molecule has 1 saturated heterocycles. The van der Waals surface area contributed by atoms with Crippen molar-refractivity contribution in [1.82, 2.24) is 5.01 Å². The average molecular weight is 513 g/mol. The summed E-state index contributed by atoms with van der Waals surface area (Å²) >= 11 is 12.3. The summed E-state index contributed by atoms with van der Waals surface area (Å²) in [6.45, 7) is 0.272. The van der Waals surface area contributed by atoms with E-state index in [0.29, 0.717) is 10.0 Å². The molecule has 7 atom stereocenters. The predicted molar refractivity (Wildman–Crippen MR) is 120 cm³/mol. The molecule has 1 aromatic rings. The van der Waals surface area contributed by atoms with E-state index in [1.807, 2.05) is 12.2 Å². The Morgan fingerprint density at radius 2 is 1.88 bits per heavy atom. The monoisotopic (exact) mass is 512 g/mol. The molecule has 1 aliphatic carbocycles. The molecular formula is C22H22Cl2N2O8. The molecule has 0 amide bonds. The zero-order chi connectivity index (χ0) is 24.6. The number of hydrazone groups is 1. The summed E-state index contributed by atoms with van der Waals surface area (Å²) in [6, 6.07) is 4.74. The highest BCUT2D eigenvalue weighted by Crippen LogP contribution is 2.32. The van der Waals surface area contributed by atoms with Crippen molar-refractivity contribution in [3.05, 3.63) is 58.1 Å². The molecule has 0 spiro atoms. The van der Waals surface area contributed by atoms with Gasteiger partial charge in [-0.05, 0) is 17.7 Å². The fraction of sp³-hybridized carbons (Fsp3) is 0.409. The van der Waals surface area contributed by atoms with Crippen LogP contribution >= 0.6 is 23.2 Å². The maximum atomic E-state index is 13.0. The van der Waals surface area contributed by atoms with Gasteiger partial charge in [-0.15, -0.1) is 0 Å². The first kappa shape index (κ1) is 24.6. The molecule has 34 heavy (non-hydrogen) atoms. The van der Waals surface area contributed by atoms with Crippen LogP contribution in [0.5, 0.6) is 0 Å². The minimum Gasteiger partial charge on any atom is -0.479 e. The van der Waals surface area contributed by atoms with Crippen LogP contribution in [-0.4, -0.2) is 79.8 Å². The molecule has 4 rings (SSSR count). The molecule has 10 nitrogen and oxygen atoms in total. The highest BCUT2D eigenvalue weighted by molar-refractivity contribution is 6.38. The smallest absolute Gasteiger partial charge is 0.357 e. The first-order valence-corrected chi connectivity index (χ1v) is 11.2. The van der Waals surface area contributed by atoms with Gasteiger partial charge in [0.15, 0.2) is 11.8 Å². The van der Waals surface area contributed by atoms with Gasteiger partial charge < -0.3 is 29.9 Å². The van der Waals surface area contributed by atoms with Crippen molar-refractivity contribution in [3.63, 3.8) is 0 Å². The molecule has 3 unspecified atom stereocenters. The van der Waals surface area contributed by atoms with E-state index in [9.17, 15) is 30.0 Å². The van der Waals surface area contributed by atoms with E-state index in [4.69, 9.17) is 32.7 Å². The Kier molecular flexibility index (Phi) is 7.27. The third-order valence-corrected chi connectivity index (χ3v) is 6.39. The minimum absolute atomic E-state index is 0.0173. The van der Waals surface area contributed by atoms with Crippen LogP contribution in [0.3, 0.4) is 0 Å². The van der Waals surface area contributed by atoms with Gasteiger partial charge in [-0.1, -0.05) is 53.6 Å².